The van der Waals surface area contributed by atoms with Crippen LogP contribution < -0.4 is 4.74 Å². The van der Waals surface area contributed by atoms with Gasteiger partial charge < -0.3 is 14.4 Å². The highest BCUT2D eigenvalue weighted by Gasteiger charge is 2.10. The molecular weight excluding hydrogens is 341 g/mol. The SMILES string of the molecule is Cc1ccc(F)c2ccn(-c3cccc(-c4ccc(OCCO)cc4)c3)c12. The van der Waals surface area contributed by atoms with E-state index >= 15 is 0 Å². The number of hydrogen-bond acceptors (Lipinski definition) is 2. The second-order valence-corrected chi connectivity index (χ2v) is 6.46. The first-order chi connectivity index (χ1) is 13.2. The van der Waals surface area contributed by atoms with Gasteiger partial charge in [-0.1, -0.05) is 30.3 Å². The van der Waals surface area contributed by atoms with Gasteiger partial charge >= 0.3 is 0 Å². The third-order valence-corrected chi connectivity index (χ3v) is 4.67. The minimum absolute atomic E-state index is 0.00532. The highest BCUT2D eigenvalue weighted by atomic mass is 19.1. The molecule has 0 aliphatic carbocycles. The molecule has 0 spiro atoms. The Morgan fingerprint density at radius 2 is 1.78 bits per heavy atom. The number of rotatable bonds is 5. The number of fused-ring (bicyclic) bond motifs is 1. The van der Waals surface area contributed by atoms with Crippen LogP contribution in [0.15, 0.2) is 72.9 Å². The summed E-state index contributed by atoms with van der Waals surface area (Å²) in [6.45, 7) is 2.27. The molecule has 4 heteroatoms. The van der Waals surface area contributed by atoms with Crippen molar-refractivity contribution >= 4 is 10.9 Å². The maximum Gasteiger partial charge on any atom is 0.132 e. The Morgan fingerprint density at radius 3 is 2.56 bits per heavy atom. The lowest BCUT2D eigenvalue weighted by atomic mass is 10.0. The standard InChI is InChI=1S/C23H20FNO2/c1-16-5-10-22(24)21-11-12-25(23(16)21)19-4-2-3-18(15-19)17-6-8-20(9-7-17)27-14-13-26/h2-12,15,26H,13-14H2,1H3. The lowest BCUT2D eigenvalue weighted by Gasteiger charge is -2.11. The number of nitrogens with zero attached hydrogens (tertiary/aromatic N) is 1. The topological polar surface area (TPSA) is 34.4 Å². The molecule has 136 valence electrons. The van der Waals surface area contributed by atoms with Crippen LogP contribution in [0.3, 0.4) is 0 Å². The van der Waals surface area contributed by atoms with Crippen molar-refractivity contribution in [2.45, 2.75) is 6.92 Å². The molecule has 0 saturated heterocycles. The van der Waals surface area contributed by atoms with E-state index in [1.807, 2.05) is 72.3 Å². The molecule has 27 heavy (non-hydrogen) atoms. The first kappa shape index (κ1) is 17.3. The number of benzene rings is 3. The van der Waals surface area contributed by atoms with Crippen LogP contribution in [0.4, 0.5) is 4.39 Å². The average molecular weight is 361 g/mol. The molecule has 1 heterocycles. The number of aromatic nitrogens is 1. The van der Waals surface area contributed by atoms with Crippen molar-refractivity contribution in [3.63, 3.8) is 0 Å². The number of halogens is 1. The van der Waals surface area contributed by atoms with Gasteiger partial charge in [-0.25, -0.2) is 4.39 Å². The van der Waals surface area contributed by atoms with Crippen molar-refractivity contribution < 1.29 is 14.2 Å². The molecule has 0 saturated carbocycles. The zero-order valence-electron chi connectivity index (χ0n) is 15.0. The number of aliphatic hydroxyl groups is 1. The van der Waals surface area contributed by atoms with Crippen LogP contribution in [0.5, 0.6) is 5.75 Å². The first-order valence-electron chi connectivity index (χ1n) is 8.88. The molecule has 0 radical (unpaired) electrons. The van der Waals surface area contributed by atoms with Gasteiger partial charge in [-0.05, 0) is 60.0 Å². The Hall–Kier alpha value is -3.11. The van der Waals surface area contributed by atoms with Crippen LogP contribution in [0.2, 0.25) is 0 Å². The van der Waals surface area contributed by atoms with E-state index in [0.717, 1.165) is 33.6 Å². The van der Waals surface area contributed by atoms with Gasteiger partial charge in [0.15, 0.2) is 0 Å². The minimum Gasteiger partial charge on any atom is -0.491 e. The van der Waals surface area contributed by atoms with Gasteiger partial charge in [0.25, 0.3) is 0 Å². The Bertz CT molecular complexity index is 1080. The maximum atomic E-state index is 14.1. The van der Waals surface area contributed by atoms with Crippen LogP contribution >= 0.6 is 0 Å². The molecule has 1 N–H and O–H groups in total. The molecule has 0 bridgehead atoms. The van der Waals surface area contributed by atoms with Crippen molar-refractivity contribution in [3.05, 3.63) is 84.3 Å². The summed E-state index contributed by atoms with van der Waals surface area (Å²) in [6.07, 6.45) is 1.91. The van der Waals surface area contributed by atoms with Gasteiger partial charge in [-0.2, -0.15) is 0 Å². The Kier molecular flexibility index (Phi) is 4.65. The van der Waals surface area contributed by atoms with E-state index in [1.165, 1.54) is 6.07 Å². The molecule has 0 fully saturated rings. The summed E-state index contributed by atoms with van der Waals surface area (Å²) < 4.78 is 21.6. The van der Waals surface area contributed by atoms with Gasteiger partial charge in [-0.15, -0.1) is 0 Å². The van der Waals surface area contributed by atoms with E-state index in [2.05, 4.69) is 6.07 Å². The lowest BCUT2D eigenvalue weighted by Crippen LogP contribution is -2.01. The second kappa shape index (κ2) is 7.25. The fraction of sp³-hybridized carbons (Fsp3) is 0.130. The van der Waals surface area contributed by atoms with Crippen LogP contribution in [0.25, 0.3) is 27.7 Å². The fourth-order valence-corrected chi connectivity index (χ4v) is 3.35. The van der Waals surface area contributed by atoms with E-state index in [1.54, 1.807) is 0 Å². The summed E-state index contributed by atoms with van der Waals surface area (Å²) in [5.74, 6) is 0.524. The Morgan fingerprint density at radius 1 is 0.963 bits per heavy atom. The number of hydrogen-bond donors (Lipinski definition) is 1. The van der Waals surface area contributed by atoms with Gasteiger partial charge in [-0.3, -0.25) is 0 Å². The molecule has 0 amide bonds. The van der Waals surface area contributed by atoms with E-state index in [4.69, 9.17) is 9.84 Å². The molecule has 3 nitrogen and oxygen atoms in total. The molecule has 3 aromatic carbocycles. The van der Waals surface area contributed by atoms with Gasteiger partial charge in [0.1, 0.15) is 18.2 Å². The van der Waals surface area contributed by atoms with Crippen molar-refractivity contribution in [3.8, 4) is 22.6 Å². The van der Waals surface area contributed by atoms with Crippen LogP contribution in [-0.4, -0.2) is 22.9 Å². The third-order valence-electron chi connectivity index (χ3n) is 4.67. The van der Waals surface area contributed by atoms with E-state index in [-0.39, 0.29) is 19.0 Å². The van der Waals surface area contributed by atoms with Crippen molar-refractivity contribution in [1.29, 1.82) is 0 Å². The second-order valence-electron chi connectivity index (χ2n) is 6.46. The largest absolute Gasteiger partial charge is 0.491 e. The van der Waals surface area contributed by atoms with E-state index in [9.17, 15) is 4.39 Å². The van der Waals surface area contributed by atoms with Crippen molar-refractivity contribution in [2.24, 2.45) is 0 Å². The summed E-state index contributed by atoms with van der Waals surface area (Å²) in [6, 6.07) is 21.1. The molecular formula is C23H20FNO2. The number of ether oxygens (including phenoxy) is 1. The lowest BCUT2D eigenvalue weighted by molar-refractivity contribution is 0.201. The highest BCUT2D eigenvalue weighted by Crippen LogP contribution is 2.29. The highest BCUT2D eigenvalue weighted by molar-refractivity contribution is 5.86. The predicted molar refractivity (Wildman–Crippen MR) is 106 cm³/mol. The van der Waals surface area contributed by atoms with E-state index in [0.29, 0.717) is 5.39 Å². The zero-order valence-corrected chi connectivity index (χ0v) is 15.0. The van der Waals surface area contributed by atoms with Gasteiger partial charge in [0, 0.05) is 17.3 Å². The zero-order chi connectivity index (χ0) is 18.8. The predicted octanol–water partition coefficient (Wildman–Crippen LogP) is 5.12. The van der Waals surface area contributed by atoms with Crippen molar-refractivity contribution in [2.75, 3.05) is 13.2 Å². The summed E-state index contributed by atoms with van der Waals surface area (Å²) in [5.41, 5.74) is 5.04. The number of aryl methyl sites for hydroxylation is 1. The monoisotopic (exact) mass is 361 g/mol. The summed E-state index contributed by atoms with van der Waals surface area (Å²) >= 11 is 0. The molecule has 1 aromatic heterocycles. The molecule has 0 atom stereocenters. The summed E-state index contributed by atoms with van der Waals surface area (Å²) in [5, 5.41) is 9.47. The molecule has 0 aliphatic rings. The molecule has 0 aliphatic heterocycles. The molecule has 0 unspecified atom stereocenters. The smallest absolute Gasteiger partial charge is 0.132 e. The number of aliphatic hydroxyl groups excluding tert-OH is 1. The Labute approximate surface area is 157 Å². The van der Waals surface area contributed by atoms with Gasteiger partial charge in [0.2, 0.25) is 0 Å². The summed E-state index contributed by atoms with van der Waals surface area (Å²) in [7, 11) is 0. The van der Waals surface area contributed by atoms with Crippen LogP contribution in [0, 0.1) is 12.7 Å². The first-order valence-corrected chi connectivity index (χ1v) is 8.88. The average Bonchev–Trinajstić information content (AvgIpc) is 3.16. The van der Waals surface area contributed by atoms with Crippen LogP contribution in [0.1, 0.15) is 5.56 Å². The third kappa shape index (κ3) is 3.32. The Balaban J connectivity index is 1.72. The quantitative estimate of drug-likeness (QED) is 0.536. The fourth-order valence-electron chi connectivity index (χ4n) is 3.35. The minimum atomic E-state index is -0.205. The van der Waals surface area contributed by atoms with Gasteiger partial charge in [0.05, 0.1) is 12.1 Å². The van der Waals surface area contributed by atoms with E-state index < -0.39 is 0 Å². The normalized spacial score (nSPS) is 11.1. The van der Waals surface area contributed by atoms with Crippen LogP contribution in [-0.2, 0) is 0 Å². The van der Waals surface area contributed by atoms with Crippen molar-refractivity contribution in [1.82, 2.24) is 4.57 Å². The maximum absolute atomic E-state index is 14.1. The molecule has 4 aromatic rings. The summed E-state index contributed by atoms with van der Waals surface area (Å²) in [4.78, 5) is 0. The molecule has 4 rings (SSSR count).